The molecule has 1 atom stereocenters. The third-order valence-corrected chi connectivity index (χ3v) is 7.74. The van der Waals surface area contributed by atoms with Gasteiger partial charge in [-0.1, -0.05) is 103 Å². The maximum atomic E-state index is 6.64. The average Bonchev–Trinajstić information content (AvgIpc) is 3.15. The van der Waals surface area contributed by atoms with E-state index >= 15 is 0 Å². The Labute approximate surface area is 204 Å². The predicted octanol–water partition coefficient (Wildman–Crippen LogP) is 9.12. The zero-order chi connectivity index (χ0) is 22.9. The minimum atomic E-state index is -0.235. The molecule has 0 bridgehead atoms. The summed E-state index contributed by atoms with van der Waals surface area (Å²) in [4.78, 5) is 2.41. The number of anilines is 3. The van der Waals surface area contributed by atoms with Gasteiger partial charge in [0.15, 0.2) is 0 Å². The molecule has 0 spiro atoms. The SMILES string of the molecule is CC12c3ccccc3-c3cccc(c31)N(c1ccccc1-c1ccccc1)c1cc(Cl)ccc12. The lowest BCUT2D eigenvalue weighted by atomic mass is 9.70. The Morgan fingerprint density at radius 2 is 1.24 bits per heavy atom. The monoisotopic (exact) mass is 455 g/mol. The number of para-hydroxylation sites is 1. The van der Waals surface area contributed by atoms with Gasteiger partial charge in [0.1, 0.15) is 0 Å². The normalized spacial score (nSPS) is 17.2. The second-order valence-corrected chi connectivity index (χ2v) is 9.69. The first kappa shape index (κ1) is 19.6. The Morgan fingerprint density at radius 3 is 2.09 bits per heavy atom. The molecule has 1 unspecified atom stereocenters. The molecule has 5 aromatic carbocycles. The van der Waals surface area contributed by atoms with Crippen LogP contribution >= 0.6 is 11.6 Å². The van der Waals surface area contributed by atoms with Crippen molar-refractivity contribution in [2.75, 3.05) is 4.90 Å². The van der Waals surface area contributed by atoms with E-state index in [0.717, 1.165) is 16.4 Å². The van der Waals surface area contributed by atoms with Gasteiger partial charge in [-0.05, 0) is 64.6 Å². The van der Waals surface area contributed by atoms with E-state index in [2.05, 4.69) is 121 Å². The van der Waals surface area contributed by atoms with Gasteiger partial charge in [0.25, 0.3) is 0 Å². The quantitative estimate of drug-likeness (QED) is 0.256. The van der Waals surface area contributed by atoms with Crippen molar-refractivity contribution in [3.63, 3.8) is 0 Å². The highest BCUT2D eigenvalue weighted by molar-refractivity contribution is 6.31. The van der Waals surface area contributed by atoms with Crippen molar-refractivity contribution < 1.29 is 0 Å². The highest BCUT2D eigenvalue weighted by Crippen LogP contribution is 2.62. The third kappa shape index (κ3) is 2.51. The maximum Gasteiger partial charge on any atom is 0.0540 e. The van der Waals surface area contributed by atoms with Gasteiger partial charge in [-0.15, -0.1) is 0 Å². The molecule has 7 rings (SSSR count). The summed E-state index contributed by atoms with van der Waals surface area (Å²) < 4.78 is 0. The second-order valence-electron chi connectivity index (χ2n) is 9.25. The van der Waals surface area contributed by atoms with Crippen molar-refractivity contribution >= 4 is 28.7 Å². The molecule has 0 saturated heterocycles. The van der Waals surface area contributed by atoms with Crippen molar-refractivity contribution in [3.05, 3.63) is 137 Å². The highest BCUT2D eigenvalue weighted by atomic mass is 35.5. The van der Waals surface area contributed by atoms with Gasteiger partial charge in [0.2, 0.25) is 0 Å². The van der Waals surface area contributed by atoms with Crippen LogP contribution in [0.25, 0.3) is 22.3 Å². The first-order chi connectivity index (χ1) is 16.7. The van der Waals surface area contributed by atoms with Gasteiger partial charge >= 0.3 is 0 Å². The van der Waals surface area contributed by atoms with Crippen LogP contribution in [0, 0.1) is 0 Å². The van der Waals surface area contributed by atoms with Crippen LogP contribution < -0.4 is 4.90 Å². The predicted molar refractivity (Wildman–Crippen MR) is 143 cm³/mol. The molecule has 0 aromatic heterocycles. The van der Waals surface area contributed by atoms with E-state index in [1.807, 2.05) is 6.07 Å². The number of rotatable bonds is 2. The second kappa shape index (κ2) is 7.09. The van der Waals surface area contributed by atoms with Crippen LogP contribution in [0.4, 0.5) is 17.1 Å². The van der Waals surface area contributed by atoms with Gasteiger partial charge in [-0.2, -0.15) is 0 Å². The van der Waals surface area contributed by atoms with Crippen LogP contribution in [-0.2, 0) is 5.41 Å². The summed E-state index contributed by atoms with van der Waals surface area (Å²) >= 11 is 6.64. The van der Waals surface area contributed by atoms with E-state index in [9.17, 15) is 0 Å². The van der Waals surface area contributed by atoms with Crippen molar-refractivity contribution in [3.8, 4) is 22.3 Å². The molecule has 0 fully saturated rings. The lowest BCUT2D eigenvalue weighted by molar-refractivity contribution is 0.702. The molecule has 0 saturated carbocycles. The van der Waals surface area contributed by atoms with Crippen LogP contribution in [0.1, 0.15) is 23.6 Å². The Balaban J connectivity index is 1.60. The summed E-state index contributed by atoms with van der Waals surface area (Å²) in [6.45, 7) is 2.37. The molecule has 1 nitrogen and oxygen atoms in total. The molecule has 1 heterocycles. The molecule has 0 N–H and O–H groups in total. The number of nitrogens with zero attached hydrogens (tertiary/aromatic N) is 1. The van der Waals surface area contributed by atoms with Crippen molar-refractivity contribution in [1.29, 1.82) is 0 Å². The van der Waals surface area contributed by atoms with Crippen molar-refractivity contribution in [2.45, 2.75) is 12.3 Å². The molecule has 162 valence electrons. The maximum absolute atomic E-state index is 6.64. The third-order valence-electron chi connectivity index (χ3n) is 7.51. The smallest absolute Gasteiger partial charge is 0.0540 e. The Kier molecular flexibility index (Phi) is 4.10. The molecule has 1 aliphatic carbocycles. The van der Waals surface area contributed by atoms with Crippen LogP contribution in [0.5, 0.6) is 0 Å². The largest absolute Gasteiger partial charge is 0.309 e. The number of benzene rings is 5. The Morgan fingerprint density at radius 1 is 0.559 bits per heavy atom. The van der Waals surface area contributed by atoms with Crippen molar-refractivity contribution in [2.24, 2.45) is 0 Å². The molecule has 0 amide bonds. The molecule has 2 heteroatoms. The number of fused-ring (bicyclic) bond motifs is 5. The Bertz CT molecular complexity index is 1590. The fraction of sp³-hybridized carbons (Fsp3) is 0.0625. The van der Waals surface area contributed by atoms with Crippen LogP contribution in [0.3, 0.4) is 0 Å². The average molecular weight is 456 g/mol. The zero-order valence-electron chi connectivity index (χ0n) is 18.8. The van der Waals surface area contributed by atoms with E-state index in [1.165, 1.54) is 44.6 Å². The highest BCUT2D eigenvalue weighted by Gasteiger charge is 2.48. The topological polar surface area (TPSA) is 3.24 Å². The summed E-state index contributed by atoms with van der Waals surface area (Å²) in [6, 6.07) is 41.2. The fourth-order valence-electron chi connectivity index (χ4n) is 6.08. The lowest BCUT2D eigenvalue weighted by Crippen LogP contribution is -2.32. The van der Waals surface area contributed by atoms with Gasteiger partial charge in [-0.3, -0.25) is 0 Å². The molecular formula is C32H22ClN. The minimum absolute atomic E-state index is 0.235. The van der Waals surface area contributed by atoms with E-state index < -0.39 is 0 Å². The fourth-order valence-corrected chi connectivity index (χ4v) is 6.24. The van der Waals surface area contributed by atoms with Crippen LogP contribution in [0.15, 0.2) is 115 Å². The lowest BCUT2D eigenvalue weighted by Gasteiger charge is -2.43. The zero-order valence-corrected chi connectivity index (χ0v) is 19.6. The van der Waals surface area contributed by atoms with E-state index in [1.54, 1.807) is 0 Å². The molecule has 5 aromatic rings. The van der Waals surface area contributed by atoms with Gasteiger partial charge in [0.05, 0.1) is 17.1 Å². The standard InChI is InChI=1S/C32H22ClN/c1-32-26-15-7-5-13-24(26)25-14-9-17-29(31(25)32)34(30-20-22(33)18-19-27(30)32)28-16-8-6-12-23(28)21-10-3-2-4-11-21/h2-20H,1H3. The van der Waals surface area contributed by atoms with Gasteiger partial charge < -0.3 is 4.90 Å². The minimum Gasteiger partial charge on any atom is -0.309 e. The molecule has 2 aliphatic rings. The Hall–Kier alpha value is -3.81. The van der Waals surface area contributed by atoms with Gasteiger partial charge in [0, 0.05) is 16.0 Å². The summed E-state index contributed by atoms with van der Waals surface area (Å²) in [7, 11) is 0. The van der Waals surface area contributed by atoms with E-state index in [-0.39, 0.29) is 5.41 Å². The first-order valence-electron chi connectivity index (χ1n) is 11.7. The molecular weight excluding hydrogens is 434 g/mol. The number of hydrogen-bond acceptors (Lipinski definition) is 1. The van der Waals surface area contributed by atoms with Crippen LogP contribution in [-0.4, -0.2) is 0 Å². The summed E-state index contributed by atoms with van der Waals surface area (Å²) in [6.07, 6.45) is 0. The number of hydrogen-bond donors (Lipinski definition) is 0. The number of halogens is 1. The summed E-state index contributed by atoms with van der Waals surface area (Å²) in [5.74, 6) is 0. The van der Waals surface area contributed by atoms with Crippen LogP contribution in [0.2, 0.25) is 5.02 Å². The van der Waals surface area contributed by atoms with Crippen molar-refractivity contribution in [1.82, 2.24) is 0 Å². The first-order valence-corrected chi connectivity index (χ1v) is 12.0. The molecule has 0 radical (unpaired) electrons. The van der Waals surface area contributed by atoms with E-state index in [4.69, 9.17) is 11.6 Å². The summed E-state index contributed by atoms with van der Waals surface area (Å²) in [5, 5.41) is 0.746. The molecule has 1 aliphatic heterocycles. The molecule has 34 heavy (non-hydrogen) atoms. The van der Waals surface area contributed by atoms with E-state index in [0.29, 0.717) is 0 Å². The van der Waals surface area contributed by atoms with Gasteiger partial charge in [-0.25, -0.2) is 0 Å². The summed E-state index contributed by atoms with van der Waals surface area (Å²) in [5.41, 5.74) is 12.3.